The summed E-state index contributed by atoms with van der Waals surface area (Å²) in [7, 11) is 0. The van der Waals surface area contributed by atoms with Gasteiger partial charge in [0.25, 0.3) is 0 Å². The number of amides is 3. The molecule has 422 valence electrons. The summed E-state index contributed by atoms with van der Waals surface area (Å²) >= 11 is 0. The Hall–Kier alpha value is -5.47. The van der Waals surface area contributed by atoms with Crippen LogP contribution in [0.15, 0.2) is 42.6 Å². The molecule has 1 saturated carbocycles. The third-order valence-electron chi connectivity index (χ3n) is 13.7. The number of nitrogens with one attached hydrogen (secondary N) is 3. The van der Waals surface area contributed by atoms with Gasteiger partial charge in [0.15, 0.2) is 0 Å². The zero-order valence-electron chi connectivity index (χ0n) is 43.6. The molecule has 21 nitrogen and oxygen atoms in total. The van der Waals surface area contributed by atoms with Gasteiger partial charge in [0.2, 0.25) is 17.7 Å². The Morgan fingerprint density at radius 3 is 2.09 bits per heavy atom. The van der Waals surface area contributed by atoms with E-state index in [2.05, 4.69) is 54.1 Å². The molecular formula is C52H77F3N10O11. The van der Waals surface area contributed by atoms with Crippen molar-refractivity contribution in [3.8, 4) is 17.2 Å². The summed E-state index contributed by atoms with van der Waals surface area (Å²) in [6, 6.07) is 10.7. The number of aromatic nitrogens is 3. The third-order valence-corrected chi connectivity index (χ3v) is 13.7. The number of aliphatic carboxylic acids is 1. The molecule has 0 bridgehead atoms. The summed E-state index contributed by atoms with van der Waals surface area (Å²) < 4.78 is 75.5. The van der Waals surface area contributed by atoms with Gasteiger partial charge in [-0.15, -0.1) is 18.3 Å². The molecule has 0 radical (unpaired) electrons. The molecule has 1 aliphatic carbocycles. The number of carboxylic acids is 1. The van der Waals surface area contributed by atoms with Crippen LogP contribution in [-0.4, -0.2) is 178 Å². The van der Waals surface area contributed by atoms with Gasteiger partial charge in [-0.25, -0.2) is 4.68 Å². The molecule has 1 aromatic heterocycles. The second-order valence-electron chi connectivity index (χ2n) is 19.5. The number of fused-ring (bicyclic) bond motifs is 1. The van der Waals surface area contributed by atoms with Crippen molar-refractivity contribution < 1.29 is 65.9 Å². The quantitative estimate of drug-likeness (QED) is 0.0463. The number of aryl methyl sites for hydroxylation is 1. The van der Waals surface area contributed by atoms with Crippen molar-refractivity contribution in [2.75, 3.05) is 112 Å². The SMILES string of the molecule is C[C@H](C(=O)O)[C@H](c1ccc2c(c1)O[C@@H](C1CCN(Cc3cc(-n4cc(COCCOCCOCCOCC(=O)NCCN(CCC(=O)NCCN)CCC(=O)NCCN)nn4)ccc3OC(F)(F)F)CC1)CC2)C1CC1. The molecule has 24 heteroatoms. The molecule has 0 spiro atoms. The molecule has 0 unspecified atom stereocenters. The molecule has 2 aromatic carbocycles. The molecule has 2 aliphatic heterocycles. The van der Waals surface area contributed by atoms with Crippen LogP contribution in [0.25, 0.3) is 5.69 Å². The van der Waals surface area contributed by atoms with E-state index in [1.165, 1.54) is 16.8 Å². The smallest absolute Gasteiger partial charge is 0.490 e. The van der Waals surface area contributed by atoms with Gasteiger partial charge < -0.3 is 65.8 Å². The van der Waals surface area contributed by atoms with E-state index in [9.17, 15) is 37.5 Å². The number of likely N-dealkylation sites (tertiary alicyclic amines) is 1. The van der Waals surface area contributed by atoms with E-state index >= 15 is 0 Å². The van der Waals surface area contributed by atoms with Crippen molar-refractivity contribution in [2.24, 2.45) is 29.2 Å². The van der Waals surface area contributed by atoms with Crippen molar-refractivity contribution >= 4 is 23.7 Å². The number of rotatable bonds is 35. The standard InChI is InChI=1S/C52H77F3N10O11/c1-36(51(69)70)50(39-3-4-39)40-5-2-37-6-8-44(75-46(37)31-40)38-10-19-64(20-11-38)32-41-30-43(7-9-45(41)76-52(53,54)55)65-33-42(61-62-65)34-73-28-26-71-24-25-72-27-29-74-35-49(68)60-18-23-63(21-12-47(66)58-16-14-56)22-13-48(67)59-17-15-57/h2,5,7,9,30-31,33,36,38-39,44,50H,3-4,6,8,10-29,32,34-35,56-57H2,1H3,(H,58,66)(H,59,67)(H,60,68)(H,69,70)/t36-,44+,50-/m0/s1. The van der Waals surface area contributed by atoms with Crippen LogP contribution in [0.4, 0.5) is 13.2 Å². The maximum absolute atomic E-state index is 13.6. The van der Waals surface area contributed by atoms with Gasteiger partial charge in [0.05, 0.1) is 64.1 Å². The van der Waals surface area contributed by atoms with Gasteiger partial charge in [0.1, 0.15) is 29.9 Å². The number of nitrogens with two attached hydrogens (primary N) is 2. The summed E-state index contributed by atoms with van der Waals surface area (Å²) in [5.74, 6) is -0.711. The highest BCUT2D eigenvalue weighted by molar-refractivity contribution is 5.77. The maximum atomic E-state index is 13.6. The summed E-state index contributed by atoms with van der Waals surface area (Å²) in [6.45, 7) is 7.91. The average Bonchev–Trinajstić information content (AvgIpc) is 4.14. The van der Waals surface area contributed by atoms with Crippen molar-refractivity contribution in [1.29, 1.82) is 0 Å². The van der Waals surface area contributed by atoms with Crippen LogP contribution in [0.3, 0.4) is 0 Å². The highest BCUT2D eigenvalue weighted by Crippen LogP contribution is 2.48. The van der Waals surface area contributed by atoms with Gasteiger partial charge in [-0.05, 0) is 105 Å². The molecule has 6 rings (SSSR count). The minimum absolute atomic E-state index is 0.000471. The predicted octanol–water partition coefficient (Wildman–Crippen LogP) is 2.90. The van der Waals surface area contributed by atoms with Crippen LogP contribution in [0.1, 0.15) is 80.2 Å². The lowest BCUT2D eigenvalue weighted by Gasteiger charge is -2.38. The summed E-state index contributed by atoms with van der Waals surface area (Å²) in [6.07, 6.45) is 2.68. The Bertz CT molecular complexity index is 2260. The van der Waals surface area contributed by atoms with Crippen molar-refractivity contribution in [3.05, 3.63) is 65.0 Å². The van der Waals surface area contributed by atoms with Gasteiger partial charge in [-0.1, -0.05) is 24.3 Å². The number of carbonyl (C=O) groups is 4. The van der Waals surface area contributed by atoms with E-state index in [0.29, 0.717) is 102 Å². The molecule has 3 atom stereocenters. The third kappa shape index (κ3) is 20.5. The van der Waals surface area contributed by atoms with Crippen LogP contribution in [0.5, 0.6) is 11.5 Å². The summed E-state index contributed by atoms with van der Waals surface area (Å²) in [5.41, 5.74) is 14.4. The van der Waals surface area contributed by atoms with E-state index in [0.717, 1.165) is 55.4 Å². The van der Waals surface area contributed by atoms with Gasteiger partial charge in [-0.3, -0.25) is 24.1 Å². The fourth-order valence-corrected chi connectivity index (χ4v) is 9.55. The number of carboxylic acid groups (broad SMARTS) is 1. The lowest BCUT2D eigenvalue weighted by atomic mass is 9.81. The molecule has 3 amide bonds. The molecule has 3 aromatic rings. The number of benzene rings is 2. The first-order valence-corrected chi connectivity index (χ1v) is 26.5. The number of hydrogen-bond donors (Lipinski definition) is 6. The van der Waals surface area contributed by atoms with Gasteiger partial charge in [0, 0.05) is 77.3 Å². The van der Waals surface area contributed by atoms with Gasteiger partial charge >= 0.3 is 12.3 Å². The maximum Gasteiger partial charge on any atom is 0.573 e. The first-order valence-electron chi connectivity index (χ1n) is 26.5. The van der Waals surface area contributed by atoms with Crippen molar-refractivity contribution in [1.82, 2.24) is 40.7 Å². The number of nitrogens with zero attached hydrogens (tertiary/aromatic N) is 5. The fraction of sp³-hybridized carbons (Fsp3) is 0.654. The normalized spacial score (nSPS) is 16.9. The van der Waals surface area contributed by atoms with Crippen LogP contribution in [0, 0.1) is 17.8 Å². The van der Waals surface area contributed by atoms with E-state index < -0.39 is 18.2 Å². The van der Waals surface area contributed by atoms with E-state index in [1.54, 1.807) is 19.2 Å². The Morgan fingerprint density at radius 1 is 0.816 bits per heavy atom. The predicted molar refractivity (Wildman–Crippen MR) is 272 cm³/mol. The fourth-order valence-electron chi connectivity index (χ4n) is 9.55. The van der Waals surface area contributed by atoms with E-state index in [4.69, 9.17) is 35.2 Å². The highest BCUT2D eigenvalue weighted by Gasteiger charge is 2.40. The Kier molecular flexibility index (Phi) is 24.4. The molecule has 3 aliphatic rings. The lowest BCUT2D eigenvalue weighted by molar-refractivity contribution is -0.275. The second kappa shape index (κ2) is 31.1. The largest absolute Gasteiger partial charge is 0.573 e. The van der Waals surface area contributed by atoms with Crippen LogP contribution >= 0.6 is 0 Å². The van der Waals surface area contributed by atoms with Crippen LogP contribution in [0.2, 0.25) is 0 Å². The first kappa shape index (κ1) is 59.8. The molecule has 1 saturated heterocycles. The Morgan fingerprint density at radius 2 is 1.46 bits per heavy atom. The number of halogens is 3. The van der Waals surface area contributed by atoms with Gasteiger partial charge in [-0.2, -0.15) is 0 Å². The number of carbonyl (C=O) groups excluding carboxylic acids is 3. The molecule has 76 heavy (non-hydrogen) atoms. The van der Waals surface area contributed by atoms with E-state index in [-0.39, 0.29) is 100 Å². The Labute approximate surface area is 442 Å². The first-order chi connectivity index (χ1) is 36.7. The monoisotopic (exact) mass is 1070 g/mol. The number of alkyl halides is 3. The Balaban J connectivity index is 0.844. The highest BCUT2D eigenvalue weighted by atomic mass is 19.4. The number of piperidine rings is 1. The molecule has 8 N–H and O–H groups in total. The number of ether oxygens (including phenoxy) is 6. The second-order valence-corrected chi connectivity index (χ2v) is 19.5. The zero-order valence-corrected chi connectivity index (χ0v) is 43.6. The molecule has 3 heterocycles. The summed E-state index contributed by atoms with van der Waals surface area (Å²) in [4.78, 5) is 52.4. The van der Waals surface area contributed by atoms with Crippen LogP contribution < -0.4 is 36.9 Å². The molecule has 2 fully saturated rings. The summed E-state index contributed by atoms with van der Waals surface area (Å²) in [5, 5.41) is 26.4. The zero-order chi connectivity index (χ0) is 54.3. The topological polar surface area (TPSA) is 269 Å². The number of hydrogen-bond acceptors (Lipinski definition) is 16. The van der Waals surface area contributed by atoms with Crippen molar-refractivity contribution in [3.63, 3.8) is 0 Å². The van der Waals surface area contributed by atoms with Crippen LogP contribution in [-0.2, 0) is 57.7 Å². The minimum Gasteiger partial charge on any atom is -0.490 e. The molecular weight excluding hydrogens is 998 g/mol. The lowest BCUT2D eigenvalue weighted by Crippen LogP contribution is -2.40. The van der Waals surface area contributed by atoms with E-state index in [1.807, 2.05) is 4.90 Å². The average molecular weight is 1080 g/mol. The van der Waals surface area contributed by atoms with Crippen molar-refractivity contribution in [2.45, 2.75) is 89.8 Å². The minimum atomic E-state index is -4.87.